The van der Waals surface area contributed by atoms with Crippen LogP contribution in [0.3, 0.4) is 0 Å². The van der Waals surface area contributed by atoms with E-state index in [-0.39, 0.29) is 12.4 Å². The molecule has 0 bridgehead atoms. The zero-order valence-corrected chi connectivity index (χ0v) is 13.9. The van der Waals surface area contributed by atoms with Gasteiger partial charge >= 0.3 is 6.18 Å². The van der Waals surface area contributed by atoms with Gasteiger partial charge in [-0.3, -0.25) is 9.59 Å². The lowest BCUT2D eigenvalue weighted by molar-refractivity contribution is -0.137. The zero-order chi connectivity index (χ0) is 17.9. The van der Waals surface area contributed by atoms with E-state index in [0.29, 0.717) is 17.8 Å². The van der Waals surface area contributed by atoms with E-state index in [1.807, 2.05) is 4.98 Å². The lowest BCUT2D eigenvalue weighted by Gasteiger charge is -2.19. The first-order valence-electron chi connectivity index (χ1n) is 7.11. The molecular weight excluding hydrogens is 359 g/mol. The first kappa shape index (κ1) is 20.7. The quantitative estimate of drug-likeness (QED) is 0.767. The average Bonchev–Trinajstić information content (AvgIpc) is 2.55. The van der Waals surface area contributed by atoms with Crippen LogP contribution in [0.15, 0.2) is 47.4 Å². The lowest BCUT2D eigenvalue weighted by Crippen LogP contribution is -2.32. The van der Waals surface area contributed by atoms with Gasteiger partial charge in [0.25, 0.3) is 5.56 Å². The predicted octanol–water partition coefficient (Wildman–Crippen LogP) is 3.09. The van der Waals surface area contributed by atoms with Crippen LogP contribution in [-0.4, -0.2) is 10.9 Å². The molecular formula is C16H17ClF3N3O2. The van der Waals surface area contributed by atoms with Crippen molar-refractivity contribution in [3.63, 3.8) is 0 Å². The van der Waals surface area contributed by atoms with E-state index in [9.17, 15) is 22.8 Å². The van der Waals surface area contributed by atoms with Crippen LogP contribution in [0, 0.1) is 5.92 Å². The van der Waals surface area contributed by atoms with Crippen molar-refractivity contribution >= 4 is 24.0 Å². The highest BCUT2D eigenvalue weighted by atomic mass is 35.5. The highest BCUT2D eigenvalue weighted by Crippen LogP contribution is 2.29. The SMILES string of the molecule is CC(C(=O)Nc1cc(C(F)(F)F)c[nH]c1=O)C(N)c1ccccc1.Cl. The summed E-state index contributed by atoms with van der Waals surface area (Å²) in [5.41, 5.74) is 4.36. The van der Waals surface area contributed by atoms with Crippen molar-refractivity contribution in [2.24, 2.45) is 11.7 Å². The number of aromatic nitrogens is 1. The third-order valence-corrected chi connectivity index (χ3v) is 3.63. The molecule has 1 aromatic heterocycles. The van der Waals surface area contributed by atoms with Gasteiger partial charge in [0.1, 0.15) is 5.69 Å². The van der Waals surface area contributed by atoms with Crippen LogP contribution in [0.1, 0.15) is 24.1 Å². The third kappa shape index (κ3) is 5.07. The van der Waals surface area contributed by atoms with E-state index < -0.39 is 40.9 Å². The van der Waals surface area contributed by atoms with E-state index in [4.69, 9.17) is 5.73 Å². The highest BCUT2D eigenvalue weighted by Gasteiger charge is 2.32. The number of rotatable bonds is 4. The van der Waals surface area contributed by atoms with Crippen LogP contribution in [0.25, 0.3) is 0 Å². The Morgan fingerprint density at radius 1 is 1.24 bits per heavy atom. The fraction of sp³-hybridized carbons (Fsp3) is 0.250. The lowest BCUT2D eigenvalue weighted by atomic mass is 9.94. The number of H-pyrrole nitrogens is 1. The molecule has 0 fully saturated rings. The Labute approximate surface area is 147 Å². The minimum atomic E-state index is -4.63. The summed E-state index contributed by atoms with van der Waals surface area (Å²) in [6.45, 7) is 1.54. The summed E-state index contributed by atoms with van der Waals surface area (Å²) in [6, 6.07) is 8.74. The fourth-order valence-electron chi connectivity index (χ4n) is 2.11. The summed E-state index contributed by atoms with van der Waals surface area (Å²) in [7, 11) is 0. The molecule has 136 valence electrons. The van der Waals surface area contributed by atoms with Gasteiger partial charge < -0.3 is 16.0 Å². The van der Waals surface area contributed by atoms with E-state index in [1.54, 1.807) is 30.3 Å². The standard InChI is InChI=1S/C16H16F3N3O2.ClH/c1-9(13(20)10-5-3-2-4-6-10)14(23)22-12-7-11(16(17,18)19)8-21-15(12)24;/h2-9,13H,20H2,1H3,(H,21,24)(H,22,23);1H. The number of hydrogen-bond acceptors (Lipinski definition) is 3. The number of halogens is 4. The molecule has 2 unspecified atom stereocenters. The van der Waals surface area contributed by atoms with Gasteiger partial charge in [0.2, 0.25) is 5.91 Å². The maximum Gasteiger partial charge on any atom is 0.417 e. The summed E-state index contributed by atoms with van der Waals surface area (Å²) in [6.07, 6.45) is -4.08. The van der Waals surface area contributed by atoms with E-state index >= 15 is 0 Å². The Bertz CT molecular complexity index is 778. The molecule has 0 aliphatic heterocycles. The molecule has 0 radical (unpaired) electrons. The number of alkyl halides is 3. The molecule has 4 N–H and O–H groups in total. The molecule has 0 spiro atoms. The Morgan fingerprint density at radius 3 is 2.40 bits per heavy atom. The monoisotopic (exact) mass is 375 g/mol. The smallest absolute Gasteiger partial charge is 0.327 e. The number of nitrogens with two attached hydrogens (primary N) is 1. The molecule has 2 aromatic rings. The normalized spacial score (nSPS) is 13.5. The van der Waals surface area contributed by atoms with Crippen LogP contribution >= 0.6 is 12.4 Å². The highest BCUT2D eigenvalue weighted by molar-refractivity contribution is 5.92. The minimum absolute atomic E-state index is 0. The summed E-state index contributed by atoms with van der Waals surface area (Å²) in [4.78, 5) is 25.8. The number of nitrogens with one attached hydrogen (secondary N) is 2. The number of anilines is 1. The molecule has 1 aromatic carbocycles. The summed E-state index contributed by atoms with van der Waals surface area (Å²) < 4.78 is 38.1. The molecule has 25 heavy (non-hydrogen) atoms. The number of hydrogen-bond donors (Lipinski definition) is 3. The van der Waals surface area contributed by atoms with Crippen LogP contribution in [0.5, 0.6) is 0 Å². The molecule has 2 rings (SSSR count). The number of carbonyl (C=O) groups excluding carboxylic acids is 1. The van der Waals surface area contributed by atoms with Gasteiger partial charge in [-0.15, -0.1) is 12.4 Å². The minimum Gasteiger partial charge on any atom is -0.327 e. The van der Waals surface area contributed by atoms with Gasteiger partial charge in [0.15, 0.2) is 0 Å². The second-order valence-electron chi connectivity index (χ2n) is 5.34. The molecule has 0 aliphatic carbocycles. The third-order valence-electron chi connectivity index (χ3n) is 3.63. The number of benzene rings is 1. The maximum absolute atomic E-state index is 12.7. The van der Waals surface area contributed by atoms with E-state index in [0.717, 1.165) is 0 Å². The Kier molecular flexibility index (Phi) is 6.78. The summed E-state index contributed by atoms with van der Waals surface area (Å²) in [5, 5.41) is 2.21. The van der Waals surface area contributed by atoms with E-state index in [1.165, 1.54) is 6.92 Å². The second kappa shape index (κ2) is 8.17. The van der Waals surface area contributed by atoms with Gasteiger partial charge in [0, 0.05) is 12.2 Å². The van der Waals surface area contributed by atoms with Crippen molar-refractivity contribution in [3.8, 4) is 0 Å². The molecule has 0 saturated carbocycles. The second-order valence-corrected chi connectivity index (χ2v) is 5.34. The fourth-order valence-corrected chi connectivity index (χ4v) is 2.11. The van der Waals surface area contributed by atoms with Crippen LogP contribution in [0.4, 0.5) is 18.9 Å². The van der Waals surface area contributed by atoms with Crippen molar-refractivity contribution in [1.82, 2.24) is 4.98 Å². The van der Waals surface area contributed by atoms with Crippen molar-refractivity contribution < 1.29 is 18.0 Å². The van der Waals surface area contributed by atoms with Crippen LogP contribution in [-0.2, 0) is 11.0 Å². The van der Waals surface area contributed by atoms with Gasteiger partial charge in [-0.25, -0.2) is 0 Å². The van der Waals surface area contributed by atoms with Gasteiger partial charge in [0.05, 0.1) is 11.5 Å². The van der Waals surface area contributed by atoms with Crippen LogP contribution < -0.4 is 16.6 Å². The summed E-state index contributed by atoms with van der Waals surface area (Å²) in [5.74, 6) is -1.39. The van der Waals surface area contributed by atoms with Crippen molar-refractivity contribution in [3.05, 3.63) is 64.1 Å². The molecule has 1 heterocycles. The Hall–Kier alpha value is -2.32. The molecule has 2 atom stereocenters. The van der Waals surface area contributed by atoms with Crippen molar-refractivity contribution in [1.29, 1.82) is 0 Å². The molecule has 9 heteroatoms. The first-order chi connectivity index (χ1) is 11.2. The molecule has 5 nitrogen and oxygen atoms in total. The van der Waals surface area contributed by atoms with Gasteiger partial charge in [-0.2, -0.15) is 13.2 Å². The van der Waals surface area contributed by atoms with Gasteiger partial charge in [-0.1, -0.05) is 37.3 Å². The average molecular weight is 376 g/mol. The Balaban J connectivity index is 0.00000312. The first-order valence-corrected chi connectivity index (χ1v) is 7.11. The number of aromatic amines is 1. The number of pyridine rings is 1. The Morgan fingerprint density at radius 2 is 1.84 bits per heavy atom. The number of amides is 1. The van der Waals surface area contributed by atoms with Crippen LogP contribution in [0.2, 0.25) is 0 Å². The number of carbonyl (C=O) groups is 1. The summed E-state index contributed by atoms with van der Waals surface area (Å²) >= 11 is 0. The van der Waals surface area contributed by atoms with Crippen molar-refractivity contribution in [2.75, 3.05) is 5.32 Å². The molecule has 1 amide bonds. The predicted molar refractivity (Wildman–Crippen MR) is 90.5 cm³/mol. The van der Waals surface area contributed by atoms with E-state index in [2.05, 4.69) is 5.32 Å². The molecule has 0 saturated heterocycles. The maximum atomic E-state index is 12.7. The van der Waals surface area contributed by atoms with Crippen molar-refractivity contribution in [2.45, 2.75) is 19.1 Å². The topological polar surface area (TPSA) is 88.0 Å². The zero-order valence-electron chi connectivity index (χ0n) is 13.1. The van der Waals surface area contributed by atoms with Gasteiger partial charge in [-0.05, 0) is 11.6 Å². The molecule has 0 aliphatic rings. The largest absolute Gasteiger partial charge is 0.417 e.